The van der Waals surface area contributed by atoms with Crippen LogP contribution in [-0.4, -0.2) is 25.3 Å². The minimum Gasteiger partial charge on any atom is -0.375 e. The SMILES string of the molecule is C1=NCCN1.O=C1Cc2ccccc2N1. The second kappa shape index (κ2) is 4.59. The minimum absolute atomic E-state index is 0.0983. The average molecular weight is 203 g/mol. The molecule has 1 aromatic carbocycles. The first-order valence-electron chi connectivity index (χ1n) is 4.96. The summed E-state index contributed by atoms with van der Waals surface area (Å²) in [6.07, 6.45) is 2.27. The van der Waals surface area contributed by atoms with Crippen molar-refractivity contribution in [1.82, 2.24) is 5.32 Å². The van der Waals surface area contributed by atoms with E-state index in [2.05, 4.69) is 15.6 Å². The van der Waals surface area contributed by atoms with Crippen LogP contribution in [-0.2, 0) is 11.2 Å². The van der Waals surface area contributed by atoms with E-state index < -0.39 is 0 Å². The summed E-state index contributed by atoms with van der Waals surface area (Å²) in [6, 6.07) is 7.75. The number of benzene rings is 1. The third-order valence-electron chi connectivity index (χ3n) is 2.21. The zero-order valence-electron chi connectivity index (χ0n) is 8.36. The Bertz CT molecular complexity index is 354. The first kappa shape index (κ1) is 9.71. The number of para-hydroxylation sites is 1. The third kappa shape index (κ3) is 2.56. The standard InChI is InChI=1S/C8H7NO.C3H6N2/c10-8-5-6-3-1-2-4-7(6)9-8;1-2-5-3-4-1/h1-4H,5H2,(H,9,10);3H,1-2H2,(H,4,5). The molecule has 78 valence electrons. The maximum atomic E-state index is 10.8. The summed E-state index contributed by atoms with van der Waals surface area (Å²) in [4.78, 5) is 14.6. The molecule has 2 aliphatic heterocycles. The van der Waals surface area contributed by atoms with Crippen molar-refractivity contribution in [3.63, 3.8) is 0 Å². The maximum Gasteiger partial charge on any atom is 0.228 e. The molecule has 4 heteroatoms. The van der Waals surface area contributed by atoms with Crippen molar-refractivity contribution in [3.8, 4) is 0 Å². The van der Waals surface area contributed by atoms with Crippen LogP contribution >= 0.6 is 0 Å². The molecule has 0 spiro atoms. The average Bonchev–Trinajstić information content (AvgIpc) is 2.87. The first-order chi connectivity index (χ1) is 7.36. The van der Waals surface area contributed by atoms with Crippen LogP contribution in [0.5, 0.6) is 0 Å². The number of anilines is 1. The molecule has 1 aromatic rings. The largest absolute Gasteiger partial charge is 0.375 e. The van der Waals surface area contributed by atoms with Gasteiger partial charge < -0.3 is 10.6 Å². The number of amides is 1. The van der Waals surface area contributed by atoms with Gasteiger partial charge in [0.2, 0.25) is 5.91 Å². The highest BCUT2D eigenvalue weighted by Gasteiger charge is 2.15. The Labute approximate surface area is 88.4 Å². The molecule has 2 aliphatic rings. The molecule has 0 radical (unpaired) electrons. The zero-order valence-corrected chi connectivity index (χ0v) is 8.36. The minimum atomic E-state index is 0.0983. The molecule has 4 nitrogen and oxygen atoms in total. The predicted octanol–water partition coefficient (Wildman–Crippen LogP) is 0.799. The fourth-order valence-electron chi connectivity index (χ4n) is 1.49. The van der Waals surface area contributed by atoms with E-state index in [0.29, 0.717) is 6.42 Å². The number of carbonyl (C=O) groups is 1. The zero-order chi connectivity index (χ0) is 10.5. The first-order valence-corrected chi connectivity index (χ1v) is 4.96. The summed E-state index contributed by atoms with van der Waals surface area (Å²) in [6.45, 7) is 1.99. The van der Waals surface area contributed by atoms with E-state index in [4.69, 9.17) is 0 Å². The lowest BCUT2D eigenvalue weighted by Gasteiger charge is -1.93. The smallest absolute Gasteiger partial charge is 0.228 e. The predicted molar refractivity (Wildman–Crippen MR) is 60.1 cm³/mol. The molecule has 3 rings (SSSR count). The summed E-state index contributed by atoms with van der Waals surface area (Å²) in [5, 5.41) is 5.69. The van der Waals surface area contributed by atoms with Gasteiger partial charge in [0, 0.05) is 12.2 Å². The van der Waals surface area contributed by atoms with E-state index in [-0.39, 0.29) is 5.91 Å². The fraction of sp³-hybridized carbons (Fsp3) is 0.273. The molecule has 2 N–H and O–H groups in total. The molecule has 0 saturated heterocycles. The number of nitrogens with one attached hydrogen (secondary N) is 2. The molecule has 0 fully saturated rings. The number of rotatable bonds is 0. The second-order valence-electron chi connectivity index (χ2n) is 3.37. The highest BCUT2D eigenvalue weighted by Crippen LogP contribution is 2.20. The lowest BCUT2D eigenvalue weighted by Crippen LogP contribution is -2.04. The van der Waals surface area contributed by atoms with Crippen LogP contribution in [0.15, 0.2) is 29.3 Å². The molecule has 0 unspecified atom stereocenters. The van der Waals surface area contributed by atoms with E-state index in [1.165, 1.54) is 0 Å². The van der Waals surface area contributed by atoms with Crippen LogP contribution in [0.4, 0.5) is 5.69 Å². The topological polar surface area (TPSA) is 53.5 Å². The quantitative estimate of drug-likeness (QED) is 0.655. The van der Waals surface area contributed by atoms with Gasteiger partial charge in [0.05, 0.1) is 19.3 Å². The van der Waals surface area contributed by atoms with Gasteiger partial charge in [0.25, 0.3) is 0 Å². The summed E-state index contributed by atoms with van der Waals surface area (Å²) in [7, 11) is 0. The number of hydrogen-bond donors (Lipinski definition) is 2. The van der Waals surface area contributed by atoms with Gasteiger partial charge in [-0.05, 0) is 11.6 Å². The Kier molecular flexibility index (Phi) is 2.97. The van der Waals surface area contributed by atoms with Crippen LogP contribution in [0.1, 0.15) is 5.56 Å². The van der Waals surface area contributed by atoms with Crippen molar-refractivity contribution >= 4 is 17.9 Å². The monoisotopic (exact) mass is 203 g/mol. The molecule has 0 aromatic heterocycles. The van der Waals surface area contributed by atoms with E-state index >= 15 is 0 Å². The van der Waals surface area contributed by atoms with Gasteiger partial charge in [-0.1, -0.05) is 18.2 Å². The molecule has 2 heterocycles. The summed E-state index contributed by atoms with van der Waals surface area (Å²) in [5.74, 6) is 0.0983. The number of nitrogens with zero attached hydrogens (tertiary/aromatic N) is 1. The highest BCUT2D eigenvalue weighted by atomic mass is 16.1. The lowest BCUT2D eigenvalue weighted by atomic mass is 10.2. The number of hydrogen-bond acceptors (Lipinski definition) is 3. The van der Waals surface area contributed by atoms with Crippen LogP contribution in [0.25, 0.3) is 0 Å². The van der Waals surface area contributed by atoms with Crippen molar-refractivity contribution in [1.29, 1.82) is 0 Å². The van der Waals surface area contributed by atoms with Crippen molar-refractivity contribution in [2.45, 2.75) is 6.42 Å². The van der Waals surface area contributed by atoms with Crippen LogP contribution in [0, 0.1) is 0 Å². The molecule has 0 atom stereocenters. The van der Waals surface area contributed by atoms with Gasteiger partial charge in [-0.15, -0.1) is 0 Å². The fourth-order valence-corrected chi connectivity index (χ4v) is 1.49. The van der Waals surface area contributed by atoms with Gasteiger partial charge in [-0.3, -0.25) is 9.79 Å². The molecule has 0 bridgehead atoms. The number of aliphatic imine (C=N–C) groups is 1. The highest BCUT2D eigenvalue weighted by molar-refractivity contribution is 5.98. The van der Waals surface area contributed by atoms with Crippen LogP contribution in [0.2, 0.25) is 0 Å². The maximum absolute atomic E-state index is 10.8. The van der Waals surface area contributed by atoms with Gasteiger partial charge in [0.1, 0.15) is 0 Å². The Morgan fingerprint density at radius 1 is 1.27 bits per heavy atom. The number of fused-ring (bicyclic) bond motifs is 1. The van der Waals surface area contributed by atoms with Gasteiger partial charge in [-0.2, -0.15) is 0 Å². The normalized spacial score (nSPS) is 16.1. The Morgan fingerprint density at radius 2 is 2.13 bits per heavy atom. The molecule has 1 amide bonds. The van der Waals surface area contributed by atoms with E-state index in [0.717, 1.165) is 24.3 Å². The molecular formula is C11H13N3O. The van der Waals surface area contributed by atoms with E-state index in [1.54, 1.807) is 6.34 Å². The summed E-state index contributed by atoms with van der Waals surface area (Å²) >= 11 is 0. The van der Waals surface area contributed by atoms with Crippen LogP contribution < -0.4 is 10.6 Å². The van der Waals surface area contributed by atoms with Gasteiger partial charge in [-0.25, -0.2) is 0 Å². The van der Waals surface area contributed by atoms with Crippen molar-refractivity contribution in [2.75, 3.05) is 18.4 Å². The summed E-state index contributed by atoms with van der Waals surface area (Å²) in [5.41, 5.74) is 2.07. The van der Waals surface area contributed by atoms with Crippen molar-refractivity contribution in [3.05, 3.63) is 29.8 Å². The molecule has 0 saturated carbocycles. The molecular weight excluding hydrogens is 190 g/mol. The molecule has 0 aliphatic carbocycles. The number of carbonyl (C=O) groups excluding carboxylic acids is 1. The van der Waals surface area contributed by atoms with Gasteiger partial charge in [0.15, 0.2) is 0 Å². The van der Waals surface area contributed by atoms with E-state index in [1.807, 2.05) is 24.3 Å². The van der Waals surface area contributed by atoms with E-state index in [9.17, 15) is 4.79 Å². The van der Waals surface area contributed by atoms with Crippen molar-refractivity contribution < 1.29 is 4.79 Å². The Hall–Kier alpha value is -1.84. The van der Waals surface area contributed by atoms with Crippen LogP contribution in [0.3, 0.4) is 0 Å². The molecule has 15 heavy (non-hydrogen) atoms. The third-order valence-corrected chi connectivity index (χ3v) is 2.21. The van der Waals surface area contributed by atoms with Gasteiger partial charge >= 0.3 is 0 Å². The van der Waals surface area contributed by atoms with Crippen molar-refractivity contribution in [2.24, 2.45) is 4.99 Å². The second-order valence-corrected chi connectivity index (χ2v) is 3.37. The Morgan fingerprint density at radius 3 is 2.73 bits per heavy atom. The summed E-state index contributed by atoms with van der Waals surface area (Å²) < 4.78 is 0. The Balaban J connectivity index is 0.000000144. The lowest BCUT2D eigenvalue weighted by molar-refractivity contribution is -0.115.